The van der Waals surface area contributed by atoms with Crippen LogP contribution >= 0.6 is 23.1 Å². The van der Waals surface area contributed by atoms with Crippen molar-refractivity contribution in [3.05, 3.63) is 11.2 Å². The molecule has 3 rings (SSSR count). The molecule has 0 aromatic carbocycles. The lowest BCUT2D eigenvalue weighted by Crippen LogP contribution is -2.15. The zero-order valence-electron chi connectivity index (χ0n) is 18.0. The summed E-state index contributed by atoms with van der Waals surface area (Å²) in [5, 5.41) is 25.9. The number of hydrogen-bond acceptors (Lipinski definition) is 10. The summed E-state index contributed by atoms with van der Waals surface area (Å²) in [6.45, 7) is 8.11. The van der Waals surface area contributed by atoms with Gasteiger partial charge in [0, 0.05) is 19.9 Å². The molecule has 11 nitrogen and oxygen atoms in total. The van der Waals surface area contributed by atoms with Crippen molar-refractivity contribution in [3.63, 3.8) is 0 Å². The van der Waals surface area contributed by atoms with Gasteiger partial charge in [-0.05, 0) is 20.3 Å². The number of amides is 1. The van der Waals surface area contributed by atoms with Gasteiger partial charge in [0.2, 0.25) is 16.9 Å². The molecule has 1 amide bonds. The van der Waals surface area contributed by atoms with Gasteiger partial charge >= 0.3 is 0 Å². The Kier molecular flexibility index (Phi) is 8.37. The van der Waals surface area contributed by atoms with Crippen molar-refractivity contribution in [3.8, 4) is 17.3 Å². The molecule has 0 fully saturated rings. The summed E-state index contributed by atoms with van der Waals surface area (Å²) < 4.78 is 14.7. The summed E-state index contributed by atoms with van der Waals surface area (Å²) in [4.78, 5) is 12.4. The molecule has 0 bridgehead atoms. The van der Waals surface area contributed by atoms with Crippen LogP contribution in [-0.4, -0.2) is 66.7 Å². The molecule has 0 spiro atoms. The van der Waals surface area contributed by atoms with E-state index in [4.69, 9.17) is 9.47 Å². The molecule has 1 N–H and O–H groups in total. The van der Waals surface area contributed by atoms with E-state index in [2.05, 4.69) is 30.8 Å². The molecule has 31 heavy (non-hydrogen) atoms. The first-order chi connectivity index (χ1) is 15.1. The van der Waals surface area contributed by atoms with E-state index in [1.807, 2.05) is 31.5 Å². The maximum Gasteiger partial charge on any atom is 0.243 e. The quantitative estimate of drug-likeness (QED) is 0.401. The third kappa shape index (κ3) is 5.80. The number of methoxy groups -OCH3 is 1. The largest absolute Gasteiger partial charge is 0.476 e. The van der Waals surface area contributed by atoms with Crippen molar-refractivity contribution in [2.45, 2.75) is 45.4 Å². The topological polar surface area (TPSA) is 122 Å². The predicted octanol–water partition coefficient (Wildman–Crippen LogP) is 2.35. The summed E-state index contributed by atoms with van der Waals surface area (Å²) in [5.74, 6) is 1.12. The van der Waals surface area contributed by atoms with E-state index in [1.165, 1.54) is 23.1 Å². The third-order valence-corrected chi connectivity index (χ3v) is 6.11. The Balaban J connectivity index is 1.77. The number of rotatable bonds is 12. The lowest BCUT2D eigenvalue weighted by Gasteiger charge is -2.09. The Labute approximate surface area is 188 Å². The highest BCUT2D eigenvalue weighted by Gasteiger charge is 2.21. The first kappa shape index (κ1) is 23.2. The fourth-order valence-corrected chi connectivity index (χ4v) is 4.13. The molecule has 0 radical (unpaired) electrons. The van der Waals surface area contributed by atoms with E-state index in [1.54, 1.807) is 11.8 Å². The van der Waals surface area contributed by atoms with Crippen LogP contribution in [0, 0.1) is 0 Å². The number of nitrogens with one attached hydrogen (secondary N) is 1. The van der Waals surface area contributed by atoms with E-state index in [0.29, 0.717) is 48.3 Å². The monoisotopic (exact) mass is 466 g/mol. The van der Waals surface area contributed by atoms with Crippen molar-refractivity contribution in [1.29, 1.82) is 0 Å². The number of hydrogen-bond donors (Lipinski definition) is 1. The van der Waals surface area contributed by atoms with Crippen LogP contribution < -0.4 is 10.1 Å². The third-order valence-electron chi connectivity index (χ3n) is 4.16. The van der Waals surface area contributed by atoms with E-state index in [-0.39, 0.29) is 11.7 Å². The van der Waals surface area contributed by atoms with Gasteiger partial charge in [-0.3, -0.25) is 19.4 Å². The number of carbonyl (C=O) groups is 1. The highest BCUT2D eigenvalue weighted by Crippen LogP contribution is 2.30. The Morgan fingerprint density at radius 1 is 1.23 bits per heavy atom. The Hall–Kier alpha value is -2.51. The van der Waals surface area contributed by atoms with Gasteiger partial charge in [-0.25, -0.2) is 0 Å². The number of ether oxygens (including phenoxy) is 2. The predicted molar refractivity (Wildman–Crippen MR) is 119 cm³/mol. The van der Waals surface area contributed by atoms with Crippen molar-refractivity contribution >= 4 is 34.1 Å². The smallest absolute Gasteiger partial charge is 0.243 e. The molecule has 3 aromatic heterocycles. The molecule has 0 saturated carbocycles. The molecular weight excluding hydrogens is 440 g/mol. The average Bonchev–Trinajstić information content (AvgIpc) is 3.49. The lowest BCUT2D eigenvalue weighted by molar-refractivity contribution is -0.113. The first-order valence-electron chi connectivity index (χ1n) is 9.97. The Bertz CT molecular complexity index is 1000. The number of anilines is 1. The van der Waals surface area contributed by atoms with Crippen LogP contribution in [0.4, 0.5) is 5.13 Å². The average molecular weight is 467 g/mol. The SMILES string of the molecule is CCOc1nn(CC)cc1-c1nnc(SCC(=O)Nc2nnc(CC)s2)n1CCOC. The summed E-state index contributed by atoms with van der Waals surface area (Å²) in [6, 6.07) is 0. The lowest BCUT2D eigenvalue weighted by atomic mass is 10.3. The fraction of sp³-hybridized carbons (Fsp3) is 0.556. The van der Waals surface area contributed by atoms with E-state index in [0.717, 1.165) is 17.0 Å². The second kappa shape index (κ2) is 11.2. The van der Waals surface area contributed by atoms with Gasteiger partial charge in [-0.15, -0.1) is 25.5 Å². The Morgan fingerprint density at radius 3 is 2.74 bits per heavy atom. The molecule has 168 valence electrons. The summed E-state index contributed by atoms with van der Waals surface area (Å²) in [7, 11) is 1.64. The van der Waals surface area contributed by atoms with Crippen molar-refractivity contribution < 1.29 is 14.3 Å². The van der Waals surface area contributed by atoms with Gasteiger partial charge in [0.25, 0.3) is 0 Å². The molecule has 0 aliphatic rings. The summed E-state index contributed by atoms with van der Waals surface area (Å²) in [6.07, 6.45) is 2.67. The fourth-order valence-electron chi connectivity index (χ4n) is 2.67. The maximum absolute atomic E-state index is 12.4. The highest BCUT2D eigenvalue weighted by atomic mass is 32.2. The van der Waals surface area contributed by atoms with Crippen LogP contribution in [0.25, 0.3) is 11.4 Å². The van der Waals surface area contributed by atoms with Crippen LogP contribution in [-0.2, 0) is 29.0 Å². The standard InChI is InChI=1S/C18H26N8O3S2/c1-5-14-20-22-17(31-14)19-13(27)11-30-18-23-21-15(26(18)8-9-28-4)12-10-25(6-2)24-16(12)29-7-3/h10H,5-9,11H2,1-4H3,(H,19,22,27). The molecule has 3 aromatic rings. The van der Waals surface area contributed by atoms with E-state index in [9.17, 15) is 4.79 Å². The highest BCUT2D eigenvalue weighted by molar-refractivity contribution is 7.99. The van der Waals surface area contributed by atoms with Gasteiger partial charge < -0.3 is 9.47 Å². The number of aryl methyl sites for hydroxylation is 2. The molecule has 0 saturated heterocycles. The molecule has 0 aliphatic carbocycles. The minimum Gasteiger partial charge on any atom is -0.476 e. The zero-order valence-corrected chi connectivity index (χ0v) is 19.6. The maximum atomic E-state index is 12.4. The van der Waals surface area contributed by atoms with Crippen molar-refractivity contribution in [2.75, 3.05) is 31.4 Å². The van der Waals surface area contributed by atoms with Crippen LogP contribution in [0.15, 0.2) is 11.4 Å². The molecule has 0 atom stereocenters. The summed E-state index contributed by atoms with van der Waals surface area (Å²) in [5.41, 5.74) is 0.754. The normalized spacial score (nSPS) is 11.1. The molecule has 0 aliphatic heterocycles. The van der Waals surface area contributed by atoms with Gasteiger partial charge in [-0.2, -0.15) is 0 Å². The molecule has 3 heterocycles. The molecular formula is C18H26N8O3S2. The van der Waals surface area contributed by atoms with E-state index >= 15 is 0 Å². The minimum atomic E-state index is -0.180. The minimum absolute atomic E-state index is 0.165. The number of carbonyl (C=O) groups excluding carboxylic acids is 1. The molecule has 0 unspecified atom stereocenters. The second-order valence-corrected chi connectivity index (χ2v) is 8.28. The number of thioether (sulfide) groups is 1. The van der Waals surface area contributed by atoms with Crippen molar-refractivity contribution in [2.24, 2.45) is 0 Å². The van der Waals surface area contributed by atoms with Gasteiger partial charge in [0.15, 0.2) is 11.0 Å². The first-order valence-corrected chi connectivity index (χ1v) is 11.8. The van der Waals surface area contributed by atoms with Crippen LogP contribution in [0.5, 0.6) is 5.88 Å². The van der Waals surface area contributed by atoms with Gasteiger partial charge in [-0.1, -0.05) is 30.0 Å². The Morgan fingerprint density at radius 2 is 2.06 bits per heavy atom. The van der Waals surface area contributed by atoms with Gasteiger partial charge in [0.05, 0.1) is 25.5 Å². The molecule has 13 heteroatoms. The number of nitrogens with zero attached hydrogens (tertiary/aromatic N) is 7. The zero-order chi connectivity index (χ0) is 22.2. The summed E-state index contributed by atoms with van der Waals surface area (Å²) >= 11 is 2.67. The van der Waals surface area contributed by atoms with Crippen LogP contribution in [0.3, 0.4) is 0 Å². The second-order valence-electron chi connectivity index (χ2n) is 6.28. The van der Waals surface area contributed by atoms with E-state index < -0.39 is 0 Å². The van der Waals surface area contributed by atoms with Crippen LogP contribution in [0.1, 0.15) is 25.8 Å². The van der Waals surface area contributed by atoms with Gasteiger partial charge in [0.1, 0.15) is 10.6 Å². The van der Waals surface area contributed by atoms with Crippen LogP contribution in [0.2, 0.25) is 0 Å². The number of aromatic nitrogens is 7. The van der Waals surface area contributed by atoms with Crippen molar-refractivity contribution in [1.82, 2.24) is 34.7 Å².